The lowest BCUT2D eigenvalue weighted by molar-refractivity contribution is 0.130. The molecule has 1 aliphatic carbocycles. The van der Waals surface area contributed by atoms with Crippen LogP contribution < -0.4 is 4.74 Å². The molecule has 1 nitrogen and oxygen atoms in total. The summed E-state index contributed by atoms with van der Waals surface area (Å²) in [5, 5.41) is 0. The van der Waals surface area contributed by atoms with E-state index in [9.17, 15) is 0 Å². The van der Waals surface area contributed by atoms with Crippen molar-refractivity contribution in [2.45, 2.75) is 58.5 Å². The zero-order chi connectivity index (χ0) is 12.1. The molecule has 0 bridgehead atoms. The number of hydrogen-bond donors (Lipinski definition) is 0. The molecule has 1 aliphatic rings. The lowest BCUT2D eigenvalue weighted by Gasteiger charge is -2.28. The monoisotopic (exact) mass is 232 g/mol. The van der Waals surface area contributed by atoms with Crippen molar-refractivity contribution in [3.05, 3.63) is 29.8 Å². The molecule has 1 fully saturated rings. The average Bonchev–Trinajstić information content (AvgIpc) is 2.40. The summed E-state index contributed by atoms with van der Waals surface area (Å²) < 4.78 is 6.09. The van der Waals surface area contributed by atoms with Gasteiger partial charge in [-0.25, -0.2) is 0 Å². The van der Waals surface area contributed by atoms with E-state index in [4.69, 9.17) is 4.74 Å². The van der Waals surface area contributed by atoms with E-state index < -0.39 is 0 Å². The number of aryl methyl sites for hydroxylation is 1. The Labute approximate surface area is 105 Å². The van der Waals surface area contributed by atoms with Crippen molar-refractivity contribution in [3.63, 3.8) is 0 Å². The molecule has 1 saturated carbocycles. The van der Waals surface area contributed by atoms with Gasteiger partial charge in [0, 0.05) is 0 Å². The molecule has 0 aromatic heterocycles. The fourth-order valence-electron chi connectivity index (χ4n) is 2.69. The SMILES string of the molecule is CCc1cccc(OC2CCC(CC)CC2)c1. The summed E-state index contributed by atoms with van der Waals surface area (Å²) in [6, 6.07) is 8.55. The van der Waals surface area contributed by atoms with Crippen molar-refractivity contribution in [1.29, 1.82) is 0 Å². The third kappa shape index (κ3) is 3.49. The van der Waals surface area contributed by atoms with Gasteiger partial charge in [0.1, 0.15) is 5.75 Å². The van der Waals surface area contributed by atoms with E-state index in [0.717, 1.165) is 18.1 Å². The van der Waals surface area contributed by atoms with Gasteiger partial charge in [0.25, 0.3) is 0 Å². The van der Waals surface area contributed by atoms with Gasteiger partial charge in [0.2, 0.25) is 0 Å². The minimum absolute atomic E-state index is 0.449. The molecule has 1 aromatic rings. The molecular weight excluding hydrogens is 208 g/mol. The Kier molecular flexibility index (Phi) is 4.47. The van der Waals surface area contributed by atoms with Crippen LogP contribution in [0.25, 0.3) is 0 Å². The fourth-order valence-corrected chi connectivity index (χ4v) is 2.69. The molecule has 2 rings (SSSR count). The molecule has 0 unspecified atom stereocenters. The van der Waals surface area contributed by atoms with Crippen LogP contribution in [0.15, 0.2) is 24.3 Å². The van der Waals surface area contributed by atoms with Gasteiger partial charge in [-0.1, -0.05) is 32.4 Å². The van der Waals surface area contributed by atoms with Crippen LogP contribution in [0.3, 0.4) is 0 Å². The number of rotatable bonds is 4. The first-order valence-electron chi connectivity index (χ1n) is 7.07. The van der Waals surface area contributed by atoms with Gasteiger partial charge in [0.15, 0.2) is 0 Å². The van der Waals surface area contributed by atoms with E-state index in [1.54, 1.807) is 0 Å². The lowest BCUT2D eigenvalue weighted by atomic mass is 9.86. The van der Waals surface area contributed by atoms with E-state index in [0.29, 0.717) is 6.10 Å². The van der Waals surface area contributed by atoms with Crippen LogP contribution in [0.4, 0.5) is 0 Å². The standard InChI is InChI=1S/C16H24O/c1-3-13-8-10-15(11-9-13)17-16-7-5-6-14(4-2)12-16/h5-7,12-13,15H,3-4,8-11H2,1-2H3. The van der Waals surface area contributed by atoms with Gasteiger partial charge in [-0.3, -0.25) is 0 Å². The van der Waals surface area contributed by atoms with Crippen molar-refractivity contribution in [2.75, 3.05) is 0 Å². The highest BCUT2D eigenvalue weighted by Gasteiger charge is 2.21. The van der Waals surface area contributed by atoms with Gasteiger partial charge in [-0.2, -0.15) is 0 Å². The van der Waals surface area contributed by atoms with Gasteiger partial charge in [-0.15, -0.1) is 0 Å². The Morgan fingerprint density at radius 2 is 1.88 bits per heavy atom. The minimum atomic E-state index is 0.449. The summed E-state index contributed by atoms with van der Waals surface area (Å²) in [5.74, 6) is 2.00. The summed E-state index contributed by atoms with van der Waals surface area (Å²) in [6.07, 6.45) is 8.01. The van der Waals surface area contributed by atoms with Gasteiger partial charge < -0.3 is 4.74 Å². The Hall–Kier alpha value is -0.980. The van der Waals surface area contributed by atoms with Crippen molar-refractivity contribution in [1.82, 2.24) is 0 Å². The highest BCUT2D eigenvalue weighted by atomic mass is 16.5. The van der Waals surface area contributed by atoms with Crippen LogP contribution in [0.2, 0.25) is 0 Å². The molecule has 0 atom stereocenters. The average molecular weight is 232 g/mol. The maximum absolute atomic E-state index is 6.09. The van der Waals surface area contributed by atoms with Crippen LogP contribution in [0, 0.1) is 5.92 Å². The number of benzene rings is 1. The zero-order valence-corrected chi connectivity index (χ0v) is 11.1. The third-order valence-electron chi connectivity index (χ3n) is 3.98. The minimum Gasteiger partial charge on any atom is -0.490 e. The summed E-state index contributed by atoms with van der Waals surface area (Å²) >= 11 is 0. The molecule has 1 heteroatoms. The van der Waals surface area contributed by atoms with Gasteiger partial charge in [0.05, 0.1) is 6.10 Å². The highest BCUT2D eigenvalue weighted by molar-refractivity contribution is 5.28. The van der Waals surface area contributed by atoms with Crippen LogP contribution in [-0.2, 0) is 6.42 Å². The molecule has 94 valence electrons. The first kappa shape index (κ1) is 12.5. The van der Waals surface area contributed by atoms with Crippen molar-refractivity contribution in [2.24, 2.45) is 5.92 Å². The predicted molar refractivity (Wildman–Crippen MR) is 72.5 cm³/mol. The molecule has 0 heterocycles. The first-order valence-corrected chi connectivity index (χ1v) is 7.07. The van der Waals surface area contributed by atoms with Crippen molar-refractivity contribution in [3.8, 4) is 5.75 Å². The second kappa shape index (κ2) is 6.09. The summed E-state index contributed by atoms with van der Waals surface area (Å²) in [7, 11) is 0. The van der Waals surface area contributed by atoms with E-state index in [-0.39, 0.29) is 0 Å². The van der Waals surface area contributed by atoms with E-state index in [2.05, 4.69) is 38.1 Å². The summed E-state index contributed by atoms with van der Waals surface area (Å²) in [6.45, 7) is 4.49. The lowest BCUT2D eigenvalue weighted by Crippen LogP contribution is -2.23. The van der Waals surface area contributed by atoms with E-state index in [1.165, 1.54) is 37.7 Å². The Morgan fingerprint density at radius 3 is 2.53 bits per heavy atom. The predicted octanol–water partition coefficient (Wildman–Crippen LogP) is 4.60. The molecule has 0 radical (unpaired) electrons. The van der Waals surface area contributed by atoms with Crippen molar-refractivity contribution < 1.29 is 4.74 Å². The quantitative estimate of drug-likeness (QED) is 0.737. The van der Waals surface area contributed by atoms with Crippen LogP contribution in [-0.4, -0.2) is 6.10 Å². The Bertz CT molecular complexity index is 337. The second-order valence-electron chi connectivity index (χ2n) is 5.17. The zero-order valence-electron chi connectivity index (χ0n) is 11.1. The maximum Gasteiger partial charge on any atom is 0.119 e. The molecule has 0 spiro atoms. The van der Waals surface area contributed by atoms with Gasteiger partial charge >= 0.3 is 0 Å². The first-order chi connectivity index (χ1) is 8.31. The number of ether oxygens (including phenoxy) is 1. The molecular formula is C16H24O. The van der Waals surface area contributed by atoms with Crippen LogP contribution >= 0.6 is 0 Å². The van der Waals surface area contributed by atoms with E-state index in [1.807, 2.05) is 0 Å². The van der Waals surface area contributed by atoms with Crippen molar-refractivity contribution >= 4 is 0 Å². The van der Waals surface area contributed by atoms with Gasteiger partial charge in [-0.05, 0) is 55.7 Å². The molecule has 0 N–H and O–H groups in total. The summed E-state index contributed by atoms with van der Waals surface area (Å²) in [4.78, 5) is 0. The van der Waals surface area contributed by atoms with Crippen LogP contribution in [0.5, 0.6) is 5.75 Å². The maximum atomic E-state index is 6.09. The van der Waals surface area contributed by atoms with Crippen LogP contribution in [0.1, 0.15) is 51.5 Å². The number of hydrogen-bond acceptors (Lipinski definition) is 1. The topological polar surface area (TPSA) is 9.23 Å². The largest absolute Gasteiger partial charge is 0.490 e. The van der Waals surface area contributed by atoms with E-state index >= 15 is 0 Å². The molecule has 0 saturated heterocycles. The smallest absolute Gasteiger partial charge is 0.119 e. The third-order valence-corrected chi connectivity index (χ3v) is 3.98. The summed E-state index contributed by atoms with van der Waals surface area (Å²) in [5.41, 5.74) is 1.37. The highest BCUT2D eigenvalue weighted by Crippen LogP contribution is 2.29. The molecule has 0 aliphatic heterocycles. The fraction of sp³-hybridized carbons (Fsp3) is 0.625. The Morgan fingerprint density at radius 1 is 1.12 bits per heavy atom. The molecule has 17 heavy (non-hydrogen) atoms. The second-order valence-corrected chi connectivity index (χ2v) is 5.17. The molecule has 0 amide bonds. The Balaban J connectivity index is 1.88. The molecule has 1 aromatic carbocycles. The normalized spacial score (nSPS) is 24.6.